The van der Waals surface area contributed by atoms with Crippen LogP contribution in [0.3, 0.4) is 0 Å². The van der Waals surface area contributed by atoms with Crippen LogP contribution < -0.4 is 5.79 Å². The van der Waals surface area contributed by atoms with E-state index in [1.165, 1.54) is 5.79 Å². The van der Waals surface area contributed by atoms with Gasteiger partial charge in [-0.15, -0.1) is 0 Å². The summed E-state index contributed by atoms with van der Waals surface area (Å²) in [6.07, 6.45) is 4.44. The van der Waals surface area contributed by atoms with E-state index in [9.17, 15) is 0 Å². The Hall–Kier alpha value is -0.523. The van der Waals surface area contributed by atoms with E-state index >= 15 is 8.78 Å². The third-order valence-corrected chi connectivity index (χ3v) is 28.1. The standard InChI is InChI=1S/C22H21F2N3S2.6CH3.2Sn/c1-3-5-8-14(4-2)13-27-25-21-17(15-9-6-11-28-15)19(23)20(24)18(22(21)26-27)16-10-7-12-29-16;;;;;;;;/h6-7,9-10,14H,3-5,8,13H2,1-2H3;6*1H3;;. The number of benzene rings is 1. The number of rotatable bonds is 10. The summed E-state index contributed by atoms with van der Waals surface area (Å²) >= 11 is -1.53. The summed E-state index contributed by atoms with van der Waals surface area (Å²) in [5, 5.41) is 9.68. The van der Waals surface area contributed by atoms with Crippen molar-refractivity contribution in [2.24, 2.45) is 5.92 Å². The first-order chi connectivity index (χ1) is 17.3. The minimum atomic E-state index is -2.36. The summed E-state index contributed by atoms with van der Waals surface area (Å²) in [6, 6.07) is 8.12. The van der Waals surface area contributed by atoms with Crippen molar-refractivity contribution in [1.82, 2.24) is 15.0 Å². The molecule has 0 radical (unpaired) electrons. The Bertz CT molecular complexity index is 1300. The molecular weight excluding hydrogens is 718 g/mol. The zero-order valence-electron chi connectivity index (χ0n) is 23.3. The van der Waals surface area contributed by atoms with Gasteiger partial charge in [0.05, 0.1) is 0 Å². The Morgan fingerprint density at radius 2 is 1.24 bits per heavy atom. The SMILES string of the molecule is CCCCC(CC)Cn1nc2c(-c3cc[c]([Sn]([CH3])([CH3])[CH3])s3)c(F)c(F)c(-c3cc[c]([Sn]([CH3])([CH3])[CH3])s3)c2n1. The van der Waals surface area contributed by atoms with E-state index in [0.717, 1.165) is 35.4 Å². The van der Waals surface area contributed by atoms with Gasteiger partial charge in [-0.25, -0.2) is 0 Å². The molecule has 0 saturated carbocycles. The van der Waals surface area contributed by atoms with Gasteiger partial charge in [-0.3, -0.25) is 0 Å². The monoisotopic (exact) mass is 759 g/mol. The fourth-order valence-corrected chi connectivity index (χ4v) is 17.2. The van der Waals surface area contributed by atoms with Crippen molar-refractivity contribution in [2.75, 3.05) is 0 Å². The molecule has 0 bridgehead atoms. The second-order valence-corrected chi connectivity index (χ2v) is 45.1. The van der Waals surface area contributed by atoms with Crippen LogP contribution in [0.25, 0.3) is 31.9 Å². The summed E-state index contributed by atoms with van der Waals surface area (Å²) in [6.45, 7) is 5.05. The van der Waals surface area contributed by atoms with Crippen LogP contribution in [0.4, 0.5) is 8.78 Å². The van der Waals surface area contributed by atoms with Crippen LogP contribution in [-0.2, 0) is 6.54 Å². The molecule has 0 aliphatic rings. The number of hydrogen-bond acceptors (Lipinski definition) is 4. The van der Waals surface area contributed by atoms with Crippen LogP contribution in [0.1, 0.15) is 39.5 Å². The van der Waals surface area contributed by atoms with Gasteiger partial charge in [0.15, 0.2) is 0 Å². The van der Waals surface area contributed by atoms with Gasteiger partial charge in [-0.2, -0.15) is 0 Å². The van der Waals surface area contributed by atoms with Crippen molar-refractivity contribution in [2.45, 2.75) is 75.7 Å². The molecule has 0 aliphatic heterocycles. The minimum absolute atomic E-state index is 0.266. The van der Waals surface area contributed by atoms with Crippen LogP contribution in [0.2, 0.25) is 29.6 Å². The predicted octanol–water partition coefficient (Wildman–Crippen LogP) is 8.47. The van der Waals surface area contributed by atoms with Gasteiger partial charge >= 0.3 is 232 Å². The van der Waals surface area contributed by atoms with E-state index in [0.29, 0.717) is 23.5 Å². The van der Waals surface area contributed by atoms with Crippen LogP contribution in [0.5, 0.6) is 0 Å². The fraction of sp³-hybridized carbons (Fsp3) is 0.500. The van der Waals surface area contributed by atoms with Crippen molar-refractivity contribution < 1.29 is 8.78 Å². The molecule has 0 aliphatic carbocycles. The zero-order valence-corrected chi connectivity index (χ0v) is 30.7. The van der Waals surface area contributed by atoms with Gasteiger partial charge in [0.25, 0.3) is 0 Å². The molecule has 0 N–H and O–H groups in total. The van der Waals surface area contributed by atoms with Crippen molar-refractivity contribution in [3.05, 3.63) is 35.9 Å². The molecule has 0 saturated heterocycles. The van der Waals surface area contributed by atoms with Crippen LogP contribution in [0.15, 0.2) is 24.3 Å². The fourth-order valence-electron chi connectivity index (χ4n) is 4.54. The molecule has 1 atom stereocenters. The molecule has 1 unspecified atom stereocenters. The Labute approximate surface area is 236 Å². The summed E-state index contributed by atoms with van der Waals surface area (Å²) in [4.78, 5) is 17.2. The first kappa shape index (κ1) is 29.5. The van der Waals surface area contributed by atoms with E-state index < -0.39 is 48.4 Å². The number of aromatic nitrogens is 3. The maximum absolute atomic E-state index is 16.0. The van der Waals surface area contributed by atoms with Crippen molar-refractivity contribution in [3.8, 4) is 20.9 Å². The van der Waals surface area contributed by atoms with Crippen LogP contribution in [-0.4, -0.2) is 51.7 Å². The number of unbranched alkanes of at least 4 members (excludes halogenated alkanes) is 1. The molecular formula is C28H39F2N3S2Sn2. The maximum atomic E-state index is 16.0. The molecule has 0 fully saturated rings. The second kappa shape index (κ2) is 11.5. The van der Waals surface area contributed by atoms with Gasteiger partial charge in [-0.05, 0) is 0 Å². The molecule has 0 amide bonds. The van der Waals surface area contributed by atoms with Crippen LogP contribution >= 0.6 is 22.7 Å². The number of nitrogens with zero attached hydrogens (tertiary/aromatic N) is 3. The first-order valence-electron chi connectivity index (χ1n) is 13.3. The summed E-state index contributed by atoms with van der Waals surface area (Å²) in [5.41, 5.74) is 1.49. The Morgan fingerprint density at radius 3 is 1.59 bits per heavy atom. The van der Waals surface area contributed by atoms with E-state index in [1.54, 1.807) is 27.5 Å². The summed E-state index contributed by atoms with van der Waals surface area (Å²) < 4.78 is 34.7. The molecule has 200 valence electrons. The van der Waals surface area contributed by atoms with Crippen molar-refractivity contribution in [1.29, 1.82) is 0 Å². The van der Waals surface area contributed by atoms with Gasteiger partial charge in [0, 0.05) is 0 Å². The third kappa shape index (κ3) is 6.29. The summed E-state index contributed by atoms with van der Waals surface area (Å²) in [5.74, 6) is -1.17. The number of thiophene rings is 2. The van der Waals surface area contributed by atoms with Crippen molar-refractivity contribution >= 4 is 76.2 Å². The van der Waals surface area contributed by atoms with Gasteiger partial charge in [0.2, 0.25) is 0 Å². The second-order valence-electron chi connectivity index (χ2n) is 12.1. The first-order valence-corrected chi connectivity index (χ1v) is 34.9. The van der Waals surface area contributed by atoms with Gasteiger partial charge in [0.1, 0.15) is 0 Å². The summed E-state index contributed by atoms with van der Waals surface area (Å²) in [7, 11) is 0. The van der Waals surface area contributed by atoms with E-state index in [1.807, 2.05) is 12.1 Å². The topological polar surface area (TPSA) is 30.7 Å². The molecule has 4 rings (SSSR count). The normalized spacial score (nSPS) is 13.6. The Balaban J connectivity index is 1.94. The molecule has 3 nitrogen and oxygen atoms in total. The molecule has 1 aromatic carbocycles. The molecule has 4 aromatic rings. The molecule has 3 aromatic heterocycles. The number of halogens is 2. The zero-order chi connectivity index (χ0) is 27.1. The van der Waals surface area contributed by atoms with Crippen LogP contribution in [0, 0.1) is 17.6 Å². The van der Waals surface area contributed by atoms with Gasteiger partial charge in [-0.1, -0.05) is 6.92 Å². The Kier molecular flexibility index (Phi) is 9.18. The predicted molar refractivity (Wildman–Crippen MR) is 163 cm³/mol. The molecule has 37 heavy (non-hydrogen) atoms. The average molecular weight is 757 g/mol. The molecule has 3 heterocycles. The third-order valence-electron chi connectivity index (χ3n) is 6.91. The number of fused-ring (bicyclic) bond motifs is 1. The van der Waals surface area contributed by atoms with E-state index in [4.69, 9.17) is 10.2 Å². The van der Waals surface area contributed by atoms with E-state index in [2.05, 4.69) is 55.6 Å². The Morgan fingerprint density at radius 1 is 0.784 bits per heavy atom. The van der Waals surface area contributed by atoms with Gasteiger partial charge < -0.3 is 0 Å². The quantitative estimate of drug-likeness (QED) is 0.152. The number of hydrogen-bond donors (Lipinski definition) is 0. The molecule has 9 heteroatoms. The van der Waals surface area contributed by atoms with Crippen molar-refractivity contribution in [3.63, 3.8) is 0 Å². The molecule has 0 spiro atoms. The van der Waals surface area contributed by atoms with E-state index in [-0.39, 0.29) is 11.1 Å². The average Bonchev–Trinajstić information content (AvgIpc) is 3.56.